The van der Waals surface area contributed by atoms with E-state index in [9.17, 15) is 4.79 Å². The molecule has 1 saturated heterocycles. The molecule has 1 aromatic carbocycles. The van der Waals surface area contributed by atoms with Crippen LogP contribution >= 0.6 is 23.2 Å². The molecular weight excluding hydrogens is 295 g/mol. The summed E-state index contributed by atoms with van der Waals surface area (Å²) in [7, 11) is 0. The Kier molecular flexibility index (Phi) is 5.30. The number of amides is 1. The van der Waals surface area contributed by atoms with E-state index >= 15 is 0 Å². The molecule has 1 N–H and O–H groups in total. The van der Waals surface area contributed by atoms with E-state index in [2.05, 4.69) is 5.32 Å². The van der Waals surface area contributed by atoms with E-state index in [-0.39, 0.29) is 11.9 Å². The van der Waals surface area contributed by atoms with Crippen LogP contribution in [0.3, 0.4) is 0 Å². The van der Waals surface area contributed by atoms with Crippen molar-refractivity contribution >= 4 is 29.1 Å². The van der Waals surface area contributed by atoms with Crippen molar-refractivity contribution in [3.05, 3.63) is 33.8 Å². The largest absolute Gasteiger partial charge is 0.335 e. The number of carbonyl (C=O) groups excluding carboxylic acids is 1. The Morgan fingerprint density at radius 3 is 2.80 bits per heavy atom. The molecule has 0 aliphatic carbocycles. The molecule has 1 unspecified atom stereocenters. The second kappa shape index (κ2) is 6.79. The number of hydrogen-bond donors (Lipinski definition) is 1. The van der Waals surface area contributed by atoms with Crippen LogP contribution in [0.5, 0.6) is 0 Å². The minimum absolute atomic E-state index is 0.0544. The molecule has 1 atom stereocenters. The summed E-state index contributed by atoms with van der Waals surface area (Å²) in [5.74, 6) is -0.0544. The average Bonchev–Trinajstić information content (AvgIpc) is 2.91. The number of hydrogen-bond acceptors (Lipinski definition) is 2. The monoisotopic (exact) mass is 314 g/mol. The molecule has 0 saturated carbocycles. The van der Waals surface area contributed by atoms with Crippen LogP contribution in [-0.2, 0) is 0 Å². The third-order valence-electron chi connectivity index (χ3n) is 3.65. The summed E-state index contributed by atoms with van der Waals surface area (Å²) in [6.07, 6.45) is 2.28. The SMILES string of the molecule is CC(C)N(CC1CCCN1)C(=O)c1cccc(Cl)c1Cl. The van der Waals surface area contributed by atoms with Gasteiger partial charge in [0.2, 0.25) is 0 Å². The summed E-state index contributed by atoms with van der Waals surface area (Å²) in [4.78, 5) is 14.6. The predicted molar refractivity (Wildman–Crippen MR) is 83.7 cm³/mol. The molecule has 1 heterocycles. The molecular formula is C15H20Cl2N2O. The van der Waals surface area contributed by atoms with Gasteiger partial charge in [-0.05, 0) is 45.4 Å². The number of benzene rings is 1. The second-order valence-corrected chi connectivity index (χ2v) is 6.23. The topological polar surface area (TPSA) is 32.3 Å². The molecule has 1 aliphatic rings. The fraction of sp³-hybridized carbons (Fsp3) is 0.533. The van der Waals surface area contributed by atoms with Gasteiger partial charge in [0.15, 0.2) is 0 Å². The summed E-state index contributed by atoms with van der Waals surface area (Å²) < 4.78 is 0. The van der Waals surface area contributed by atoms with Crippen LogP contribution in [-0.4, -0.2) is 36.0 Å². The highest BCUT2D eigenvalue weighted by Gasteiger charge is 2.26. The fourth-order valence-corrected chi connectivity index (χ4v) is 2.88. The molecule has 1 fully saturated rings. The zero-order chi connectivity index (χ0) is 14.7. The van der Waals surface area contributed by atoms with Gasteiger partial charge in [0.1, 0.15) is 0 Å². The number of nitrogens with one attached hydrogen (secondary N) is 1. The summed E-state index contributed by atoms with van der Waals surface area (Å²) in [5.41, 5.74) is 0.478. The number of halogens is 2. The Morgan fingerprint density at radius 1 is 1.45 bits per heavy atom. The number of carbonyl (C=O) groups is 1. The van der Waals surface area contributed by atoms with Crippen LogP contribution in [0.15, 0.2) is 18.2 Å². The summed E-state index contributed by atoms with van der Waals surface area (Å²) >= 11 is 12.2. The lowest BCUT2D eigenvalue weighted by Gasteiger charge is -2.30. The van der Waals surface area contributed by atoms with E-state index in [4.69, 9.17) is 23.2 Å². The minimum Gasteiger partial charge on any atom is -0.335 e. The number of nitrogens with zero attached hydrogens (tertiary/aromatic N) is 1. The molecule has 0 bridgehead atoms. The Labute approximate surface area is 130 Å². The lowest BCUT2D eigenvalue weighted by atomic mass is 10.1. The van der Waals surface area contributed by atoms with E-state index in [1.807, 2.05) is 18.7 Å². The predicted octanol–water partition coefficient (Wildman–Crippen LogP) is 3.60. The normalized spacial score (nSPS) is 18.6. The summed E-state index contributed by atoms with van der Waals surface area (Å²) in [6, 6.07) is 5.68. The van der Waals surface area contributed by atoms with E-state index in [0.29, 0.717) is 28.2 Å². The van der Waals surface area contributed by atoms with Crippen LogP contribution in [0.4, 0.5) is 0 Å². The Hall–Kier alpha value is -0.770. The molecule has 0 radical (unpaired) electrons. The van der Waals surface area contributed by atoms with Gasteiger partial charge in [-0.1, -0.05) is 29.3 Å². The first-order valence-corrected chi connectivity index (χ1v) is 7.74. The van der Waals surface area contributed by atoms with Gasteiger partial charge in [0.05, 0.1) is 15.6 Å². The van der Waals surface area contributed by atoms with Gasteiger partial charge in [-0.3, -0.25) is 4.79 Å². The molecule has 1 amide bonds. The van der Waals surface area contributed by atoms with Crippen molar-refractivity contribution in [3.63, 3.8) is 0 Å². The highest BCUT2D eigenvalue weighted by Crippen LogP contribution is 2.27. The summed E-state index contributed by atoms with van der Waals surface area (Å²) in [5, 5.41) is 4.18. The molecule has 110 valence electrons. The maximum Gasteiger partial charge on any atom is 0.255 e. The fourth-order valence-electron chi connectivity index (χ4n) is 2.50. The zero-order valence-electron chi connectivity index (χ0n) is 11.8. The molecule has 2 rings (SSSR count). The standard InChI is InChI=1S/C15H20Cl2N2O/c1-10(2)19(9-11-5-4-8-18-11)15(20)12-6-3-7-13(16)14(12)17/h3,6-7,10-11,18H,4-5,8-9H2,1-2H3. The van der Waals surface area contributed by atoms with Crippen LogP contribution < -0.4 is 5.32 Å². The molecule has 20 heavy (non-hydrogen) atoms. The van der Waals surface area contributed by atoms with Gasteiger partial charge < -0.3 is 10.2 Å². The number of rotatable bonds is 4. The van der Waals surface area contributed by atoms with Crippen molar-refractivity contribution in [2.45, 2.75) is 38.8 Å². The molecule has 3 nitrogen and oxygen atoms in total. The van der Waals surface area contributed by atoms with Gasteiger partial charge in [-0.25, -0.2) is 0 Å². The maximum atomic E-state index is 12.7. The highest BCUT2D eigenvalue weighted by atomic mass is 35.5. The Bertz CT molecular complexity index is 485. The van der Waals surface area contributed by atoms with Crippen molar-refractivity contribution in [1.29, 1.82) is 0 Å². The Balaban J connectivity index is 2.19. The first-order valence-electron chi connectivity index (χ1n) is 6.99. The first kappa shape index (κ1) is 15.6. The van der Waals surface area contributed by atoms with Gasteiger partial charge in [-0.15, -0.1) is 0 Å². The van der Waals surface area contributed by atoms with Gasteiger partial charge in [0.25, 0.3) is 5.91 Å². The molecule has 5 heteroatoms. The van der Waals surface area contributed by atoms with Crippen molar-refractivity contribution in [2.24, 2.45) is 0 Å². The van der Waals surface area contributed by atoms with Gasteiger partial charge in [0, 0.05) is 18.6 Å². The zero-order valence-corrected chi connectivity index (χ0v) is 13.3. The Morgan fingerprint density at radius 2 is 2.20 bits per heavy atom. The van der Waals surface area contributed by atoms with Crippen LogP contribution in [0.2, 0.25) is 10.0 Å². The molecule has 0 aromatic heterocycles. The van der Waals surface area contributed by atoms with Crippen LogP contribution in [0.25, 0.3) is 0 Å². The lowest BCUT2D eigenvalue weighted by molar-refractivity contribution is 0.0689. The van der Waals surface area contributed by atoms with Crippen molar-refractivity contribution in [1.82, 2.24) is 10.2 Å². The minimum atomic E-state index is -0.0544. The van der Waals surface area contributed by atoms with Gasteiger partial charge >= 0.3 is 0 Å². The summed E-state index contributed by atoms with van der Waals surface area (Å²) in [6.45, 7) is 5.78. The second-order valence-electron chi connectivity index (χ2n) is 5.45. The van der Waals surface area contributed by atoms with Crippen molar-refractivity contribution in [3.8, 4) is 0 Å². The third-order valence-corrected chi connectivity index (χ3v) is 4.46. The average molecular weight is 315 g/mol. The molecule has 0 spiro atoms. The van der Waals surface area contributed by atoms with E-state index in [1.54, 1.807) is 18.2 Å². The van der Waals surface area contributed by atoms with Crippen molar-refractivity contribution in [2.75, 3.05) is 13.1 Å². The highest BCUT2D eigenvalue weighted by molar-refractivity contribution is 6.43. The van der Waals surface area contributed by atoms with Crippen LogP contribution in [0, 0.1) is 0 Å². The quantitative estimate of drug-likeness (QED) is 0.921. The van der Waals surface area contributed by atoms with E-state index in [1.165, 1.54) is 6.42 Å². The maximum absolute atomic E-state index is 12.7. The lowest BCUT2D eigenvalue weighted by Crippen LogP contribution is -2.44. The van der Waals surface area contributed by atoms with E-state index < -0.39 is 0 Å². The molecule has 1 aliphatic heterocycles. The van der Waals surface area contributed by atoms with Crippen molar-refractivity contribution < 1.29 is 4.79 Å². The third kappa shape index (κ3) is 3.46. The van der Waals surface area contributed by atoms with Gasteiger partial charge in [-0.2, -0.15) is 0 Å². The smallest absolute Gasteiger partial charge is 0.255 e. The van der Waals surface area contributed by atoms with Crippen LogP contribution in [0.1, 0.15) is 37.0 Å². The van der Waals surface area contributed by atoms with E-state index in [0.717, 1.165) is 13.0 Å². The first-order chi connectivity index (χ1) is 9.50. The molecule has 1 aromatic rings.